The van der Waals surface area contributed by atoms with Gasteiger partial charge in [0.15, 0.2) is 0 Å². The van der Waals surface area contributed by atoms with Crippen LogP contribution in [0.25, 0.3) is 0 Å². The first-order valence-electron chi connectivity index (χ1n) is 11.3. The van der Waals surface area contributed by atoms with E-state index in [1.807, 2.05) is 0 Å². The molecule has 0 fully saturated rings. The van der Waals surface area contributed by atoms with Gasteiger partial charge in [-0.15, -0.1) is 0 Å². The van der Waals surface area contributed by atoms with E-state index < -0.39 is 0 Å². The molecule has 1 nitrogen and oxygen atoms in total. The fraction of sp³-hybridized carbons (Fsp3) is 0.917. The highest BCUT2D eigenvalue weighted by Gasteiger charge is 2.08. The van der Waals surface area contributed by atoms with Gasteiger partial charge in [0.25, 0.3) is 0 Å². The molecule has 150 valence electrons. The van der Waals surface area contributed by atoms with Crippen LogP contribution in [-0.2, 0) is 4.74 Å². The fourth-order valence-electron chi connectivity index (χ4n) is 3.40. The van der Waals surface area contributed by atoms with Crippen LogP contribution in [0, 0.1) is 5.41 Å². The second-order valence-electron chi connectivity index (χ2n) is 9.00. The average molecular weight is 353 g/mol. The molecule has 0 unspecified atom stereocenters. The van der Waals surface area contributed by atoms with Crippen molar-refractivity contribution in [2.24, 2.45) is 5.41 Å². The van der Waals surface area contributed by atoms with E-state index in [0.29, 0.717) is 5.41 Å². The highest BCUT2D eigenvalue weighted by atomic mass is 16.5. The van der Waals surface area contributed by atoms with Crippen LogP contribution in [0.5, 0.6) is 0 Å². The molecule has 0 saturated heterocycles. The maximum absolute atomic E-state index is 5.13. The Balaban J connectivity index is 3.02. The molecule has 1 heteroatoms. The van der Waals surface area contributed by atoms with Crippen molar-refractivity contribution < 1.29 is 4.74 Å². The van der Waals surface area contributed by atoms with Crippen molar-refractivity contribution >= 4 is 0 Å². The molecule has 0 bridgehead atoms. The van der Waals surface area contributed by atoms with Gasteiger partial charge < -0.3 is 4.74 Å². The second kappa shape index (κ2) is 18.3. The number of hydrogen-bond acceptors (Lipinski definition) is 1. The SMILES string of the molecule is C=COCCCCCCCCCCCCCCCCCCC(C)(C)C. The van der Waals surface area contributed by atoms with Crippen molar-refractivity contribution in [3.63, 3.8) is 0 Å². The normalized spacial score (nSPS) is 11.6. The minimum absolute atomic E-state index is 0.528. The number of hydrogen-bond donors (Lipinski definition) is 0. The summed E-state index contributed by atoms with van der Waals surface area (Å²) in [6, 6.07) is 0. The van der Waals surface area contributed by atoms with Crippen LogP contribution in [0.4, 0.5) is 0 Å². The fourth-order valence-corrected chi connectivity index (χ4v) is 3.40. The Morgan fingerprint density at radius 3 is 1.20 bits per heavy atom. The van der Waals surface area contributed by atoms with E-state index in [4.69, 9.17) is 4.74 Å². The van der Waals surface area contributed by atoms with E-state index in [9.17, 15) is 0 Å². The molecular formula is C24H48O. The van der Waals surface area contributed by atoms with Gasteiger partial charge in [-0.1, -0.05) is 124 Å². The number of unbranched alkanes of at least 4 members (excludes halogenated alkanes) is 15. The quantitative estimate of drug-likeness (QED) is 0.167. The molecular weight excluding hydrogens is 304 g/mol. The summed E-state index contributed by atoms with van der Waals surface area (Å²) in [4.78, 5) is 0. The summed E-state index contributed by atoms with van der Waals surface area (Å²) in [5.74, 6) is 0. The molecule has 0 aromatic heterocycles. The molecule has 0 radical (unpaired) electrons. The van der Waals surface area contributed by atoms with Crippen molar-refractivity contribution in [2.75, 3.05) is 6.61 Å². The van der Waals surface area contributed by atoms with E-state index in [2.05, 4.69) is 27.4 Å². The van der Waals surface area contributed by atoms with Gasteiger partial charge in [-0.2, -0.15) is 0 Å². The molecule has 0 aromatic rings. The minimum Gasteiger partial charge on any atom is -0.502 e. The highest BCUT2D eigenvalue weighted by Crippen LogP contribution is 2.22. The molecule has 0 heterocycles. The van der Waals surface area contributed by atoms with E-state index in [1.165, 1.54) is 109 Å². The standard InChI is InChI=1S/C24H48O/c1-5-25-23-21-19-17-15-13-11-9-7-6-8-10-12-14-16-18-20-22-24(2,3)4/h5H,1,6-23H2,2-4H3. The Morgan fingerprint density at radius 1 is 0.560 bits per heavy atom. The Morgan fingerprint density at radius 2 is 0.880 bits per heavy atom. The van der Waals surface area contributed by atoms with Crippen LogP contribution in [0.2, 0.25) is 0 Å². The summed E-state index contributed by atoms with van der Waals surface area (Å²) >= 11 is 0. The summed E-state index contributed by atoms with van der Waals surface area (Å²) in [6.07, 6.45) is 25.6. The third-order valence-corrected chi connectivity index (χ3v) is 5.06. The molecule has 0 atom stereocenters. The largest absolute Gasteiger partial charge is 0.502 e. The molecule has 0 amide bonds. The zero-order valence-electron chi connectivity index (χ0n) is 17.9. The highest BCUT2D eigenvalue weighted by molar-refractivity contribution is 4.61. The van der Waals surface area contributed by atoms with Crippen molar-refractivity contribution in [3.8, 4) is 0 Å². The average Bonchev–Trinajstić information content (AvgIpc) is 2.56. The lowest BCUT2D eigenvalue weighted by molar-refractivity contribution is 0.241. The third-order valence-electron chi connectivity index (χ3n) is 5.06. The first kappa shape index (κ1) is 24.5. The first-order chi connectivity index (χ1) is 12.1. The second-order valence-corrected chi connectivity index (χ2v) is 9.00. The van der Waals surface area contributed by atoms with Gasteiger partial charge in [-0.25, -0.2) is 0 Å². The van der Waals surface area contributed by atoms with E-state index in [-0.39, 0.29) is 0 Å². The van der Waals surface area contributed by atoms with Gasteiger partial charge in [0.1, 0.15) is 0 Å². The Labute approximate surface area is 160 Å². The minimum atomic E-state index is 0.528. The lowest BCUT2D eigenvalue weighted by Gasteiger charge is -2.17. The summed E-state index contributed by atoms with van der Waals surface area (Å²) in [7, 11) is 0. The predicted octanol–water partition coefficient (Wildman–Crippen LogP) is 8.82. The van der Waals surface area contributed by atoms with E-state index >= 15 is 0 Å². The van der Waals surface area contributed by atoms with Crippen molar-refractivity contribution in [1.29, 1.82) is 0 Å². The lowest BCUT2D eigenvalue weighted by Crippen LogP contribution is -2.03. The van der Waals surface area contributed by atoms with Crippen LogP contribution in [0.3, 0.4) is 0 Å². The van der Waals surface area contributed by atoms with Crippen molar-refractivity contribution in [2.45, 2.75) is 130 Å². The number of ether oxygens (including phenoxy) is 1. The molecule has 0 saturated carbocycles. The van der Waals surface area contributed by atoms with Gasteiger partial charge >= 0.3 is 0 Å². The van der Waals surface area contributed by atoms with E-state index in [0.717, 1.165) is 6.61 Å². The Bertz CT molecular complexity index is 264. The predicted molar refractivity (Wildman–Crippen MR) is 114 cm³/mol. The smallest absolute Gasteiger partial charge is 0.0873 e. The zero-order chi connectivity index (χ0) is 18.6. The lowest BCUT2D eigenvalue weighted by atomic mass is 9.89. The molecule has 0 aliphatic carbocycles. The van der Waals surface area contributed by atoms with Crippen LogP contribution in [-0.4, -0.2) is 6.61 Å². The summed E-state index contributed by atoms with van der Waals surface area (Å²) in [6.45, 7) is 11.5. The monoisotopic (exact) mass is 352 g/mol. The van der Waals surface area contributed by atoms with Gasteiger partial charge in [0, 0.05) is 0 Å². The molecule has 25 heavy (non-hydrogen) atoms. The van der Waals surface area contributed by atoms with Gasteiger partial charge in [0.2, 0.25) is 0 Å². The zero-order valence-corrected chi connectivity index (χ0v) is 17.9. The summed E-state index contributed by atoms with van der Waals surface area (Å²) in [5.41, 5.74) is 0.528. The van der Waals surface area contributed by atoms with Crippen LogP contribution in [0.15, 0.2) is 12.8 Å². The van der Waals surface area contributed by atoms with Crippen molar-refractivity contribution in [1.82, 2.24) is 0 Å². The first-order valence-corrected chi connectivity index (χ1v) is 11.3. The van der Waals surface area contributed by atoms with Gasteiger partial charge in [0.05, 0.1) is 12.9 Å². The Hall–Kier alpha value is -0.460. The topological polar surface area (TPSA) is 9.23 Å². The molecule has 0 spiro atoms. The molecule has 0 aliphatic heterocycles. The molecule has 0 N–H and O–H groups in total. The van der Waals surface area contributed by atoms with Crippen molar-refractivity contribution in [3.05, 3.63) is 12.8 Å². The number of rotatable bonds is 19. The molecule has 0 aliphatic rings. The van der Waals surface area contributed by atoms with Crippen LogP contribution in [0.1, 0.15) is 130 Å². The summed E-state index contributed by atoms with van der Waals surface area (Å²) in [5, 5.41) is 0. The third kappa shape index (κ3) is 23.5. The van der Waals surface area contributed by atoms with Gasteiger partial charge in [-0.05, 0) is 18.3 Å². The van der Waals surface area contributed by atoms with Crippen LogP contribution < -0.4 is 0 Å². The molecule has 0 aromatic carbocycles. The maximum atomic E-state index is 5.13. The molecule has 0 rings (SSSR count). The van der Waals surface area contributed by atoms with E-state index in [1.54, 1.807) is 6.26 Å². The maximum Gasteiger partial charge on any atom is 0.0873 e. The van der Waals surface area contributed by atoms with Gasteiger partial charge in [-0.3, -0.25) is 0 Å². The summed E-state index contributed by atoms with van der Waals surface area (Å²) < 4.78 is 5.13. The Kier molecular flexibility index (Phi) is 18.0. The van der Waals surface area contributed by atoms with Crippen LogP contribution >= 0.6 is 0 Å².